The molecule has 1 saturated heterocycles. The number of urea groups is 1. The maximum Gasteiger partial charge on any atom is 0.319 e. The van der Waals surface area contributed by atoms with E-state index < -0.39 is 6.10 Å². The van der Waals surface area contributed by atoms with Crippen molar-refractivity contribution in [2.75, 3.05) is 36.5 Å². The van der Waals surface area contributed by atoms with Crippen LogP contribution in [-0.2, 0) is 17.7 Å². The van der Waals surface area contributed by atoms with E-state index in [2.05, 4.69) is 27.8 Å². The number of aromatic nitrogens is 2. The number of nitrogens with one attached hydrogen (secondary N) is 3. The van der Waals surface area contributed by atoms with E-state index in [-0.39, 0.29) is 18.1 Å². The normalized spacial score (nSPS) is 24.9. The number of amides is 2. The van der Waals surface area contributed by atoms with Gasteiger partial charge in [0.05, 0.1) is 37.1 Å². The van der Waals surface area contributed by atoms with Crippen LogP contribution in [0.15, 0.2) is 24.3 Å². The molecule has 1 aromatic heterocycles. The number of anilines is 2. The monoisotopic (exact) mass is 452 g/mol. The Kier molecular flexibility index (Phi) is 6.43. The summed E-state index contributed by atoms with van der Waals surface area (Å²) in [4.78, 5) is 24.5. The highest BCUT2D eigenvalue weighted by molar-refractivity contribution is 5.89. The van der Waals surface area contributed by atoms with Gasteiger partial charge in [-0.2, -0.15) is 0 Å². The molecule has 176 valence electrons. The molecule has 4 N–H and O–H groups in total. The average molecular weight is 453 g/mol. The molecule has 1 aromatic carbocycles. The Bertz CT molecular complexity index is 998. The van der Waals surface area contributed by atoms with Gasteiger partial charge in [-0.15, -0.1) is 0 Å². The van der Waals surface area contributed by atoms with E-state index in [4.69, 9.17) is 14.7 Å². The molecule has 3 aliphatic rings. The molecule has 0 radical (unpaired) electrons. The number of aliphatic hydroxyl groups is 1. The minimum atomic E-state index is -0.461. The molecule has 0 spiro atoms. The maximum absolute atomic E-state index is 12.3. The number of nitrogens with zero attached hydrogens (tertiary/aromatic N) is 3. The van der Waals surface area contributed by atoms with Crippen LogP contribution in [0.25, 0.3) is 11.4 Å². The average Bonchev–Trinajstić information content (AvgIpc) is 3.23. The van der Waals surface area contributed by atoms with Crippen molar-refractivity contribution in [1.29, 1.82) is 0 Å². The van der Waals surface area contributed by atoms with Gasteiger partial charge >= 0.3 is 6.03 Å². The number of hydrogen-bond acceptors (Lipinski definition) is 7. The van der Waals surface area contributed by atoms with Gasteiger partial charge in [-0.1, -0.05) is 0 Å². The third-order valence-corrected chi connectivity index (χ3v) is 6.75. The second-order valence-electron chi connectivity index (χ2n) is 9.12. The molecule has 5 rings (SSSR count). The highest BCUT2D eigenvalue weighted by Crippen LogP contribution is 2.30. The summed E-state index contributed by atoms with van der Waals surface area (Å²) in [6.45, 7) is 6.07. The Morgan fingerprint density at radius 3 is 2.85 bits per heavy atom. The Morgan fingerprint density at radius 2 is 2.09 bits per heavy atom. The molecule has 2 fully saturated rings. The van der Waals surface area contributed by atoms with Crippen LogP contribution in [-0.4, -0.2) is 65.6 Å². The van der Waals surface area contributed by atoms with Crippen LogP contribution in [0.2, 0.25) is 0 Å². The predicted octanol–water partition coefficient (Wildman–Crippen LogP) is 2.05. The number of hydrogen-bond donors (Lipinski definition) is 4. The van der Waals surface area contributed by atoms with E-state index in [1.54, 1.807) is 0 Å². The number of fused-ring (bicyclic) bond motifs is 1. The minimum Gasteiger partial charge on any atom is -0.391 e. The van der Waals surface area contributed by atoms with Gasteiger partial charge in [0, 0.05) is 29.9 Å². The van der Waals surface area contributed by atoms with Crippen LogP contribution in [0.5, 0.6) is 0 Å². The molecule has 3 atom stereocenters. The lowest BCUT2D eigenvalue weighted by Gasteiger charge is -2.36. The highest BCUT2D eigenvalue weighted by Gasteiger charge is 2.28. The first-order valence-electron chi connectivity index (χ1n) is 11.9. The van der Waals surface area contributed by atoms with Crippen molar-refractivity contribution in [2.24, 2.45) is 0 Å². The van der Waals surface area contributed by atoms with Crippen LogP contribution in [0, 0.1) is 0 Å². The van der Waals surface area contributed by atoms with E-state index in [1.807, 2.05) is 24.3 Å². The van der Waals surface area contributed by atoms with Gasteiger partial charge in [-0.05, 0) is 63.4 Å². The molecule has 2 aromatic rings. The molecule has 1 saturated carbocycles. The lowest BCUT2D eigenvalue weighted by molar-refractivity contribution is 0.0984. The van der Waals surface area contributed by atoms with E-state index in [9.17, 15) is 9.90 Å². The molecule has 9 heteroatoms. The zero-order chi connectivity index (χ0) is 22.8. The molecular formula is C24H32N6O3. The molecule has 3 heterocycles. The van der Waals surface area contributed by atoms with Crippen molar-refractivity contribution in [1.82, 2.24) is 20.6 Å². The summed E-state index contributed by atoms with van der Waals surface area (Å²) in [7, 11) is 0. The van der Waals surface area contributed by atoms with Crippen molar-refractivity contribution >= 4 is 17.5 Å². The summed E-state index contributed by atoms with van der Waals surface area (Å²) in [5.41, 5.74) is 3.88. The van der Waals surface area contributed by atoms with E-state index in [0.717, 1.165) is 62.4 Å². The van der Waals surface area contributed by atoms with Crippen molar-refractivity contribution in [3.05, 3.63) is 35.5 Å². The number of aliphatic hydroxyl groups excluding tert-OH is 1. The van der Waals surface area contributed by atoms with Gasteiger partial charge in [0.25, 0.3) is 0 Å². The maximum atomic E-state index is 12.3. The molecular weight excluding hydrogens is 420 g/mol. The Labute approximate surface area is 193 Å². The van der Waals surface area contributed by atoms with Crippen LogP contribution >= 0.6 is 0 Å². The van der Waals surface area contributed by atoms with Crippen LogP contribution < -0.4 is 20.9 Å². The Balaban J connectivity index is 1.35. The van der Waals surface area contributed by atoms with Gasteiger partial charge in [-0.3, -0.25) is 0 Å². The van der Waals surface area contributed by atoms with E-state index in [1.165, 1.54) is 5.56 Å². The van der Waals surface area contributed by atoms with Crippen LogP contribution in [0.4, 0.5) is 16.3 Å². The summed E-state index contributed by atoms with van der Waals surface area (Å²) >= 11 is 0. The lowest BCUT2D eigenvalue weighted by Crippen LogP contribution is -2.45. The fourth-order valence-corrected chi connectivity index (χ4v) is 4.90. The Hall–Kier alpha value is -2.75. The fraction of sp³-hybridized carbons (Fsp3) is 0.542. The summed E-state index contributed by atoms with van der Waals surface area (Å²) in [5, 5.41) is 19.0. The van der Waals surface area contributed by atoms with Gasteiger partial charge in [0.15, 0.2) is 5.82 Å². The number of benzene rings is 1. The second kappa shape index (κ2) is 9.62. The SMILES string of the molecule is C[C@H]1COCCN1c1nc(-c2ccc(NC(=O)N[C@H]3CCC[C@@H]3O)cc2)nc2c1CCNC2. The summed E-state index contributed by atoms with van der Waals surface area (Å²) in [6.07, 6.45) is 2.94. The van der Waals surface area contributed by atoms with Crippen LogP contribution in [0.1, 0.15) is 37.4 Å². The summed E-state index contributed by atoms with van der Waals surface area (Å²) < 4.78 is 5.63. The highest BCUT2D eigenvalue weighted by atomic mass is 16.5. The van der Waals surface area contributed by atoms with Gasteiger partial charge in [0.2, 0.25) is 0 Å². The quantitative estimate of drug-likeness (QED) is 0.562. The molecule has 33 heavy (non-hydrogen) atoms. The van der Waals surface area contributed by atoms with Gasteiger partial charge in [-0.25, -0.2) is 14.8 Å². The third-order valence-electron chi connectivity index (χ3n) is 6.75. The number of carbonyl (C=O) groups is 1. The van der Waals surface area contributed by atoms with Crippen molar-refractivity contribution in [3.8, 4) is 11.4 Å². The molecule has 0 unspecified atom stereocenters. The first-order valence-corrected chi connectivity index (χ1v) is 11.9. The molecule has 0 bridgehead atoms. The molecule has 1 aliphatic carbocycles. The van der Waals surface area contributed by atoms with Crippen molar-refractivity contribution < 1.29 is 14.6 Å². The van der Waals surface area contributed by atoms with E-state index in [0.29, 0.717) is 24.7 Å². The summed E-state index contributed by atoms with van der Waals surface area (Å²) in [6, 6.07) is 7.38. The number of morpholine rings is 1. The second-order valence-corrected chi connectivity index (χ2v) is 9.12. The predicted molar refractivity (Wildman–Crippen MR) is 126 cm³/mol. The Morgan fingerprint density at radius 1 is 1.24 bits per heavy atom. The minimum absolute atomic E-state index is 0.178. The zero-order valence-corrected chi connectivity index (χ0v) is 19.0. The molecule has 9 nitrogen and oxygen atoms in total. The van der Waals surface area contributed by atoms with Crippen molar-refractivity contribution in [2.45, 2.75) is 57.3 Å². The zero-order valence-electron chi connectivity index (χ0n) is 19.0. The van der Waals surface area contributed by atoms with E-state index >= 15 is 0 Å². The van der Waals surface area contributed by atoms with Gasteiger partial charge < -0.3 is 30.7 Å². The smallest absolute Gasteiger partial charge is 0.319 e. The fourth-order valence-electron chi connectivity index (χ4n) is 4.90. The molecule has 2 amide bonds. The van der Waals surface area contributed by atoms with Crippen LogP contribution in [0.3, 0.4) is 0 Å². The first kappa shape index (κ1) is 22.1. The topological polar surface area (TPSA) is 112 Å². The molecule has 2 aliphatic heterocycles. The number of carbonyl (C=O) groups excluding carboxylic acids is 1. The largest absolute Gasteiger partial charge is 0.391 e. The lowest BCUT2D eigenvalue weighted by atomic mass is 10.0. The van der Waals surface area contributed by atoms with Crippen molar-refractivity contribution in [3.63, 3.8) is 0 Å². The standard InChI is InChI=1S/C24H32N6O3/c1-15-14-33-12-11-30(15)23-18-9-10-25-13-20(18)27-22(29-23)16-5-7-17(8-6-16)26-24(32)28-19-3-2-4-21(19)31/h5-8,15,19,21,25,31H,2-4,9-14H2,1H3,(H2,26,28,32)/t15-,19-,21-/m0/s1. The first-order chi connectivity index (χ1) is 16.1. The van der Waals surface area contributed by atoms with Gasteiger partial charge in [0.1, 0.15) is 5.82 Å². The number of rotatable bonds is 4. The third kappa shape index (κ3) is 4.80. The summed E-state index contributed by atoms with van der Waals surface area (Å²) in [5.74, 6) is 1.71. The number of ether oxygens (including phenoxy) is 1.